The summed E-state index contributed by atoms with van der Waals surface area (Å²) < 4.78 is -0.402. The molecule has 0 radical (unpaired) electrons. The molecule has 1 atom stereocenters. The smallest absolute Gasteiger partial charge is 0.107 e. The van der Waals surface area contributed by atoms with Gasteiger partial charge in [0.15, 0.2) is 0 Å². The number of hydrogen-bond acceptors (Lipinski definition) is 3. The number of benzene rings is 1. The summed E-state index contributed by atoms with van der Waals surface area (Å²) in [6.07, 6.45) is 3.06. The van der Waals surface area contributed by atoms with Crippen LogP contribution >= 0.6 is 25.3 Å². The summed E-state index contributed by atoms with van der Waals surface area (Å²) in [4.78, 5) is 3.39. The van der Waals surface area contributed by atoms with Gasteiger partial charge in [-0.1, -0.05) is 12.1 Å². The SMILES string of the molecule is Cc1cccc2[nH]cc(C3CC(S)(S)NC3(C)C)c12. The fraction of sp³-hybridized carbons (Fsp3) is 0.467. The van der Waals surface area contributed by atoms with Gasteiger partial charge in [-0.3, -0.25) is 5.32 Å². The standard InChI is InChI=1S/C15H20N2S2/c1-9-5-4-6-12-13(9)10(8-16-12)11-7-15(18,19)17-14(11,2)3/h4-6,8,11,16-19H,7H2,1-3H3. The Hall–Kier alpha value is -0.580. The van der Waals surface area contributed by atoms with Crippen molar-refractivity contribution in [3.8, 4) is 0 Å². The van der Waals surface area contributed by atoms with E-state index in [0.29, 0.717) is 5.92 Å². The summed E-state index contributed by atoms with van der Waals surface area (Å²) in [5.41, 5.74) is 3.89. The Morgan fingerprint density at radius 2 is 2.00 bits per heavy atom. The van der Waals surface area contributed by atoms with E-state index < -0.39 is 4.20 Å². The number of fused-ring (bicyclic) bond motifs is 1. The molecular formula is C15H20N2S2. The van der Waals surface area contributed by atoms with E-state index in [4.69, 9.17) is 0 Å². The van der Waals surface area contributed by atoms with E-state index in [0.717, 1.165) is 6.42 Å². The quantitative estimate of drug-likeness (QED) is 0.466. The van der Waals surface area contributed by atoms with Crippen LogP contribution in [0.1, 0.15) is 37.3 Å². The molecule has 0 amide bonds. The van der Waals surface area contributed by atoms with E-state index in [9.17, 15) is 0 Å². The summed E-state index contributed by atoms with van der Waals surface area (Å²) in [5, 5.41) is 4.86. The molecule has 3 rings (SSSR count). The summed E-state index contributed by atoms with van der Waals surface area (Å²) >= 11 is 9.23. The van der Waals surface area contributed by atoms with E-state index in [-0.39, 0.29) is 5.54 Å². The van der Waals surface area contributed by atoms with Gasteiger partial charge in [-0.25, -0.2) is 0 Å². The Balaban J connectivity index is 2.15. The number of hydrogen-bond donors (Lipinski definition) is 4. The minimum Gasteiger partial charge on any atom is -0.361 e. The zero-order chi connectivity index (χ0) is 13.8. The number of rotatable bonds is 1. The third kappa shape index (κ3) is 2.20. The Kier molecular flexibility index (Phi) is 2.97. The van der Waals surface area contributed by atoms with Gasteiger partial charge < -0.3 is 4.98 Å². The maximum Gasteiger partial charge on any atom is 0.107 e. The summed E-state index contributed by atoms with van der Waals surface area (Å²) in [6.45, 7) is 6.62. The number of aryl methyl sites for hydroxylation is 1. The van der Waals surface area contributed by atoms with Gasteiger partial charge in [0.25, 0.3) is 0 Å². The van der Waals surface area contributed by atoms with Crippen LogP contribution in [0.4, 0.5) is 0 Å². The first-order chi connectivity index (χ1) is 8.80. The molecule has 4 heteroatoms. The van der Waals surface area contributed by atoms with Crippen molar-refractivity contribution in [1.82, 2.24) is 10.3 Å². The largest absolute Gasteiger partial charge is 0.361 e. The Labute approximate surface area is 125 Å². The first kappa shape index (κ1) is 13.4. The zero-order valence-electron chi connectivity index (χ0n) is 11.5. The lowest BCUT2D eigenvalue weighted by molar-refractivity contribution is 0.407. The van der Waals surface area contributed by atoms with Crippen molar-refractivity contribution in [2.45, 2.75) is 42.9 Å². The monoisotopic (exact) mass is 292 g/mol. The molecule has 0 bridgehead atoms. The third-order valence-electron chi connectivity index (χ3n) is 4.20. The molecule has 0 saturated carbocycles. The maximum absolute atomic E-state index is 4.62. The van der Waals surface area contributed by atoms with Gasteiger partial charge in [0.2, 0.25) is 0 Å². The average Bonchev–Trinajstić information content (AvgIpc) is 2.77. The topological polar surface area (TPSA) is 27.8 Å². The number of aromatic amines is 1. The second-order valence-corrected chi connectivity index (χ2v) is 8.04. The van der Waals surface area contributed by atoms with Crippen molar-refractivity contribution >= 4 is 36.2 Å². The molecule has 1 aliphatic rings. The third-order valence-corrected chi connectivity index (χ3v) is 4.79. The lowest BCUT2D eigenvalue weighted by Gasteiger charge is -2.28. The fourth-order valence-electron chi connectivity index (χ4n) is 3.37. The predicted molar refractivity (Wildman–Crippen MR) is 88.3 cm³/mol. The highest BCUT2D eigenvalue weighted by atomic mass is 32.2. The summed E-state index contributed by atoms with van der Waals surface area (Å²) in [6, 6.07) is 6.40. The fourth-order valence-corrected chi connectivity index (χ4v) is 4.31. The first-order valence-electron chi connectivity index (χ1n) is 6.61. The molecule has 2 N–H and O–H groups in total. The van der Waals surface area contributed by atoms with Crippen molar-refractivity contribution in [3.05, 3.63) is 35.5 Å². The van der Waals surface area contributed by atoms with Crippen LogP contribution in [-0.4, -0.2) is 14.7 Å². The second-order valence-electron chi connectivity index (χ2n) is 6.16. The average molecular weight is 292 g/mol. The maximum atomic E-state index is 4.62. The van der Waals surface area contributed by atoms with Gasteiger partial charge in [0.05, 0.1) is 0 Å². The highest BCUT2D eigenvalue weighted by molar-refractivity contribution is 8.00. The van der Waals surface area contributed by atoms with Crippen molar-refractivity contribution in [2.24, 2.45) is 0 Å². The van der Waals surface area contributed by atoms with Gasteiger partial charge in [-0.2, -0.15) is 0 Å². The predicted octanol–water partition coefficient (Wildman–Crippen LogP) is 3.85. The van der Waals surface area contributed by atoms with E-state index in [1.54, 1.807) is 0 Å². The molecule has 1 fully saturated rings. The molecule has 2 heterocycles. The molecule has 19 heavy (non-hydrogen) atoms. The molecule has 0 spiro atoms. The van der Waals surface area contributed by atoms with Crippen molar-refractivity contribution < 1.29 is 0 Å². The van der Waals surface area contributed by atoms with E-state index >= 15 is 0 Å². The lowest BCUT2D eigenvalue weighted by atomic mass is 9.82. The van der Waals surface area contributed by atoms with Crippen LogP contribution in [0.3, 0.4) is 0 Å². The Morgan fingerprint density at radius 1 is 1.26 bits per heavy atom. The van der Waals surface area contributed by atoms with Gasteiger partial charge in [0, 0.05) is 28.6 Å². The van der Waals surface area contributed by atoms with Crippen LogP contribution in [0.25, 0.3) is 10.9 Å². The molecule has 1 aliphatic heterocycles. The van der Waals surface area contributed by atoms with Crippen LogP contribution in [0.2, 0.25) is 0 Å². The van der Waals surface area contributed by atoms with Gasteiger partial charge >= 0.3 is 0 Å². The Bertz CT molecular complexity index is 628. The van der Waals surface area contributed by atoms with Crippen LogP contribution in [0.5, 0.6) is 0 Å². The highest BCUT2D eigenvalue weighted by Gasteiger charge is 2.46. The number of H-pyrrole nitrogens is 1. The van der Waals surface area contributed by atoms with E-state index in [1.165, 1.54) is 22.0 Å². The van der Waals surface area contributed by atoms with Crippen LogP contribution in [-0.2, 0) is 0 Å². The first-order valence-corrected chi connectivity index (χ1v) is 7.50. The highest BCUT2D eigenvalue weighted by Crippen LogP contribution is 2.48. The number of nitrogens with one attached hydrogen (secondary N) is 2. The molecule has 2 aromatic rings. The normalized spacial score (nSPS) is 25.0. The van der Waals surface area contributed by atoms with Crippen molar-refractivity contribution in [2.75, 3.05) is 0 Å². The van der Waals surface area contributed by atoms with Gasteiger partial charge in [0.1, 0.15) is 4.20 Å². The van der Waals surface area contributed by atoms with E-state index in [2.05, 4.69) is 80.7 Å². The minimum atomic E-state index is -0.402. The molecule has 1 aromatic carbocycles. The molecule has 102 valence electrons. The molecule has 2 nitrogen and oxygen atoms in total. The summed E-state index contributed by atoms with van der Waals surface area (Å²) in [7, 11) is 0. The lowest BCUT2D eigenvalue weighted by Crippen LogP contribution is -2.42. The molecule has 1 unspecified atom stereocenters. The van der Waals surface area contributed by atoms with E-state index in [1.807, 2.05) is 0 Å². The molecular weight excluding hydrogens is 272 g/mol. The second kappa shape index (κ2) is 4.21. The minimum absolute atomic E-state index is 0.0130. The zero-order valence-corrected chi connectivity index (χ0v) is 13.3. The van der Waals surface area contributed by atoms with Crippen LogP contribution in [0, 0.1) is 6.92 Å². The Morgan fingerprint density at radius 3 is 2.63 bits per heavy atom. The van der Waals surface area contributed by atoms with Gasteiger partial charge in [-0.15, -0.1) is 25.3 Å². The number of aromatic nitrogens is 1. The van der Waals surface area contributed by atoms with Gasteiger partial charge in [-0.05, 0) is 44.4 Å². The van der Waals surface area contributed by atoms with Crippen molar-refractivity contribution in [3.63, 3.8) is 0 Å². The van der Waals surface area contributed by atoms with Crippen LogP contribution in [0.15, 0.2) is 24.4 Å². The molecule has 0 aliphatic carbocycles. The summed E-state index contributed by atoms with van der Waals surface area (Å²) in [5.74, 6) is 0.400. The number of thiol groups is 2. The van der Waals surface area contributed by atoms with Crippen LogP contribution < -0.4 is 5.32 Å². The molecule has 1 saturated heterocycles. The molecule has 1 aromatic heterocycles. The van der Waals surface area contributed by atoms with Crippen molar-refractivity contribution in [1.29, 1.82) is 0 Å².